The highest BCUT2D eigenvalue weighted by molar-refractivity contribution is 5.17. The lowest BCUT2D eigenvalue weighted by Crippen LogP contribution is -2.26. The van der Waals surface area contributed by atoms with Crippen molar-refractivity contribution in [1.82, 2.24) is 5.32 Å². The zero-order chi connectivity index (χ0) is 9.68. The molecule has 1 aromatic carbocycles. The van der Waals surface area contributed by atoms with Crippen LogP contribution in [0.2, 0.25) is 0 Å². The van der Waals surface area contributed by atoms with E-state index >= 15 is 0 Å². The van der Waals surface area contributed by atoms with Crippen molar-refractivity contribution in [3.8, 4) is 0 Å². The summed E-state index contributed by atoms with van der Waals surface area (Å²) in [6.45, 7) is 2.13. The first-order chi connectivity index (χ1) is 6.26. The molecule has 0 amide bonds. The molecule has 0 aliphatic heterocycles. The Kier molecular flexibility index (Phi) is 3.90. The summed E-state index contributed by atoms with van der Waals surface area (Å²) >= 11 is 0. The van der Waals surface area contributed by atoms with Gasteiger partial charge in [-0.05, 0) is 37.6 Å². The minimum atomic E-state index is -0.150. The molecule has 1 nitrogen and oxygen atoms in total. The Morgan fingerprint density at radius 3 is 2.77 bits per heavy atom. The van der Waals surface area contributed by atoms with Gasteiger partial charge in [0.1, 0.15) is 5.82 Å². The first-order valence-corrected chi connectivity index (χ1v) is 4.68. The van der Waals surface area contributed by atoms with Gasteiger partial charge in [0.25, 0.3) is 0 Å². The molecule has 0 fully saturated rings. The van der Waals surface area contributed by atoms with Gasteiger partial charge in [-0.1, -0.05) is 19.1 Å². The lowest BCUT2D eigenvalue weighted by atomic mass is 10.0. The van der Waals surface area contributed by atoms with Crippen LogP contribution in [0.25, 0.3) is 0 Å². The molecule has 0 spiro atoms. The van der Waals surface area contributed by atoms with Crippen LogP contribution in [0.5, 0.6) is 0 Å². The van der Waals surface area contributed by atoms with Crippen LogP contribution in [-0.4, -0.2) is 13.1 Å². The van der Waals surface area contributed by atoms with Crippen molar-refractivity contribution >= 4 is 0 Å². The first-order valence-electron chi connectivity index (χ1n) is 4.68. The second-order valence-corrected chi connectivity index (χ2v) is 3.23. The first kappa shape index (κ1) is 10.2. The molecule has 0 bridgehead atoms. The largest absolute Gasteiger partial charge is 0.317 e. The number of rotatable bonds is 4. The molecule has 0 aromatic heterocycles. The summed E-state index contributed by atoms with van der Waals surface area (Å²) in [5.74, 6) is -0.150. The van der Waals surface area contributed by atoms with Crippen molar-refractivity contribution in [1.29, 1.82) is 0 Å². The average Bonchev–Trinajstić information content (AvgIpc) is 2.14. The van der Waals surface area contributed by atoms with Gasteiger partial charge in [0.15, 0.2) is 0 Å². The van der Waals surface area contributed by atoms with Crippen molar-refractivity contribution in [3.05, 3.63) is 35.6 Å². The maximum absolute atomic E-state index is 12.8. The molecule has 72 valence electrons. The Labute approximate surface area is 79.0 Å². The molecule has 0 saturated heterocycles. The van der Waals surface area contributed by atoms with E-state index in [1.54, 1.807) is 12.1 Å². The molecule has 1 rings (SSSR count). The van der Waals surface area contributed by atoms with Crippen LogP contribution in [0, 0.1) is 5.82 Å². The van der Waals surface area contributed by atoms with E-state index in [1.165, 1.54) is 6.07 Å². The molecule has 1 unspecified atom stereocenters. The monoisotopic (exact) mass is 181 g/mol. The van der Waals surface area contributed by atoms with E-state index in [4.69, 9.17) is 0 Å². The normalized spacial score (nSPS) is 12.8. The maximum atomic E-state index is 12.8. The molecule has 1 aromatic rings. The fourth-order valence-electron chi connectivity index (χ4n) is 1.40. The lowest BCUT2D eigenvalue weighted by Gasteiger charge is -2.13. The van der Waals surface area contributed by atoms with Gasteiger partial charge >= 0.3 is 0 Å². The Bertz CT molecular complexity index is 256. The quantitative estimate of drug-likeness (QED) is 0.752. The van der Waals surface area contributed by atoms with Crippen molar-refractivity contribution in [2.45, 2.75) is 25.8 Å². The lowest BCUT2D eigenvalue weighted by molar-refractivity contribution is 0.540. The van der Waals surface area contributed by atoms with E-state index in [0.717, 1.165) is 18.4 Å². The van der Waals surface area contributed by atoms with Crippen molar-refractivity contribution in [3.63, 3.8) is 0 Å². The Morgan fingerprint density at radius 2 is 2.23 bits per heavy atom. The second-order valence-electron chi connectivity index (χ2n) is 3.23. The molecular weight excluding hydrogens is 165 g/mol. The maximum Gasteiger partial charge on any atom is 0.123 e. The highest BCUT2D eigenvalue weighted by atomic mass is 19.1. The van der Waals surface area contributed by atoms with Gasteiger partial charge in [-0.3, -0.25) is 0 Å². The summed E-state index contributed by atoms with van der Waals surface area (Å²) in [4.78, 5) is 0. The van der Waals surface area contributed by atoms with Gasteiger partial charge in [0.05, 0.1) is 0 Å². The molecule has 0 aliphatic rings. The van der Waals surface area contributed by atoms with E-state index in [2.05, 4.69) is 12.2 Å². The van der Waals surface area contributed by atoms with E-state index in [0.29, 0.717) is 6.04 Å². The third-order valence-corrected chi connectivity index (χ3v) is 2.27. The van der Waals surface area contributed by atoms with E-state index in [1.807, 2.05) is 13.1 Å². The zero-order valence-corrected chi connectivity index (χ0v) is 8.18. The number of halogens is 1. The smallest absolute Gasteiger partial charge is 0.123 e. The van der Waals surface area contributed by atoms with Crippen molar-refractivity contribution in [2.75, 3.05) is 7.05 Å². The van der Waals surface area contributed by atoms with Gasteiger partial charge in [0, 0.05) is 6.04 Å². The third-order valence-electron chi connectivity index (χ3n) is 2.27. The molecule has 0 saturated carbocycles. The summed E-state index contributed by atoms with van der Waals surface area (Å²) in [6.07, 6.45) is 1.96. The van der Waals surface area contributed by atoms with E-state index in [9.17, 15) is 4.39 Å². The third kappa shape index (κ3) is 3.15. The average molecular weight is 181 g/mol. The van der Waals surface area contributed by atoms with Crippen LogP contribution in [0.3, 0.4) is 0 Å². The number of hydrogen-bond acceptors (Lipinski definition) is 1. The molecule has 13 heavy (non-hydrogen) atoms. The van der Waals surface area contributed by atoms with E-state index in [-0.39, 0.29) is 5.82 Å². The summed E-state index contributed by atoms with van der Waals surface area (Å²) in [5.41, 5.74) is 1.06. The highest BCUT2D eigenvalue weighted by Crippen LogP contribution is 2.07. The molecule has 0 aliphatic carbocycles. The number of benzene rings is 1. The predicted molar refractivity (Wildman–Crippen MR) is 53.2 cm³/mol. The molecule has 0 heterocycles. The van der Waals surface area contributed by atoms with Crippen LogP contribution in [-0.2, 0) is 6.42 Å². The fourth-order valence-corrected chi connectivity index (χ4v) is 1.40. The van der Waals surface area contributed by atoms with Crippen molar-refractivity contribution < 1.29 is 4.39 Å². The SMILES string of the molecule is CCC(Cc1cccc(F)c1)NC. The molecule has 1 atom stereocenters. The standard InChI is InChI=1S/C11H16FN/c1-3-11(13-2)8-9-5-4-6-10(12)7-9/h4-7,11,13H,3,8H2,1-2H3. The van der Waals surface area contributed by atoms with Crippen molar-refractivity contribution in [2.24, 2.45) is 0 Å². The minimum absolute atomic E-state index is 0.150. The summed E-state index contributed by atoms with van der Waals surface area (Å²) < 4.78 is 12.8. The molecule has 0 radical (unpaired) electrons. The van der Waals surface area contributed by atoms with Gasteiger partial charge in [-0.25, -0.2) is 4.39 Å². The fraction of sp³-hybridized carbons (Fsp3) is 0.455. The summed E-state index contributed by atoms with van der Waals surface area (Å²) in [7, 11) is 1.94. The highest BCUT2D eigenvalue weighted by Gasteiger charge is 2.04. The van der Waals surface area contributed by atoms with Crippen LogP contribution >= 0.6 is 0 Å². The van der Waals surface area contributed by atoms with Crippen LogP contribution in [0.1, 0.15) is 18.9 Å². The van der Waals surface area contributed by atoms with Crippen LogP contribution in [0.4, 0.5) is 4.39 Å². The van der Waals surface area contributed by atoms with Gasteiger partial charge in [0.2, 0.25) is 0 Å². The number of likely N-dealkylation sites (N-methyl/N-ethyl adjacent to an activating group) is 1. The molecule has 2 heteroatoms. The van der Waals surface area contributed by atoms with Crippen LogP contribution in [0.15, 0.2) is 24.3 Å². The van der Waals surface area contributed by atoms with Gasteiger partial charge in [-0.2, -0.15) is 0 Å². The predicted octanol–water partition coefficient (Wildman–Crippen LogP) is 2.37. The Hall–Kier alpha value is -0.890. The summed E-state index contributed by atoms with van der Waals surface area (Å²) in [5, 5.41) is 3.20. The molecular formula is C11H16FN. The van der Waals surface area contributed by atoms with Crippen LogP contribution < -0.4 is 5.32 Å². The minimum Gasteiger partial charge on any atom is -0.317 e. The zero-order valence-electron chi connectivity index (χ0n) is 8.18. The topological polar surface area (TPSA) is 12.0 Å². The molecule has 1 N–H and O–H groups in total. The Morgan fingerprint density at radius 1 is 1.46 bits per heavy atom. The summed E-state index contributed by atoms with van der Waals surface area (Å²) in [6, 6.07) is 7.24. The number of hydrogen-bond donors (Lipinski definition) is 1. The second kappa shape index (κ2) is 4.97. The van der Waals surface area contributed by atoms with Gasteiger partial charge < -0.3 is 5.32 Å². The van der Waals surface area contributed by atoms with Gasteiger partial charge in [-0.15, -0.1) is 0 Å². The van der Waals surface area contributed by atoms with E-state index < -0.39 is 0 Å². The number of nitrogens with one attached hydrogen (secondary N) is 1. The Balaban J connectivity index is 2.62.